The maximum atomic E-state index is 9.36. The quantitative estimate of drug-likeness (QED) is 0.788. The van der Waals surface area contributed by atoms with Crippen LogP contribution in [0.15, 0.2) is 24.3 Å². The Hall–Kier alpha value is -1.02. The second-order valence-electron chi connectivity index (χ2n) is 3.63. The van der Waals surface area contributed by atoms with Crippen LogP contribution in [0.3, 0.4) is 0 Å². The van der Waals surface area contributed by atoms with Crippen molar-refractivity contribution in [1.29, 1.82) is 0 Å². The van der Waals surface area contributed by atoms with Crippen molar-refractivity contribution in [2.24, 2.45) is 5.92 Å². The molecule has 0 aromatic heterocycles. The third kappa shape index (κ3) is 5.60. The number of methoxy groups -OCH3 is 1. The molecule has 0 radical (unpaired) electrons. The zero-order valence-electron chi connectivity index (χ0n) is 9.45. The van der Waals surface area contributed by atoms with Crippen LogP contribution in [0.2, 0.25) is 0 Å². The van der Waals surface area contributed by atoms with Crippen LogP contribution in [-0.2, 0) is 11.2 Å². The highest BCUT2D eigenvalue weighted by atomic mass is 16.4. The summed E-state index contributed by atoms with van der Waals surface area (Å²) < 4.78 is 4.25. The molecule has 0 heterocycles. The van der Waals surface area contributed by atoms with Gasteiger partial charge in [-0.3, -0.25) is 0 Å². The highest BCUT2D eigenvalue weighted by molar-refractivity contribution is 5.31. The number of phenolic OH excluding ortho intramolecular Hbond substituents is 1. The molecule has 80 valence electrons. The fraction of sp³-hybridized carbons (Fsp3) is 0.500. The van der Waals surface area contributed by atoms with Crippen LogP contribution in [0.25, 0.3) is 0 Å². The van der Waals surface area contributed by atoms with Gasteiger partial charge >= 0.3 is 0 Å². The fourth-order valence-corrected chi connectivity index (χ4v) is 1.12. The first-order chi connectivity index (χ1) is 6.61. The molecular formula is C12H20O2. The minimum atomic E-state index is 0.418. The lowest BCUT2D eigenvalue weighted by Gasteiger charge is -2.05. The molecule has 0 spiro atoms. The van der Waals surface area contributed by atoms with E-state index in [0.717, 1.165) is 12.0 Å². The molecular weight excluding hydrogens is 176 g/mol. The highest BCUT2D eigenvalue weighted by Gasteiger charge is 2.00. The molecule has 1 rings (SSSR count). The van der Waals surface area contributed by atoms with Crippen molar-refractivity contribution in [3.8, 4) is 5.75 Å². The van der Waals surface area contributed by atoms with Crippen LogP contribution in [0.1, 0.15) is 19.4 Å². The van der Waals surface area contributed by atoms with Gasteiger partial charge in [-0.05, 0) is 24.0 Å². The number of benzene rings is 1. The van der Waals surface area contributed by atoms with E-state index in [-0.39, 0.29) is 0 Å². The number of para-hydroxylation sites is 1. The van der Waals surface area contributed by atoms with Gasteiger partial charge in [0.15, 0.2) is 0 Å². The van der Waals surface area contributed by atoms with E-state index in [1.54, 1.807) is 20.3 Å². The minimum absolute atomic E-state index is 0.418. The van der Waals surface area contributed by atoms with Crippen molar-refractivity contribution in [2.45, 2.75) is 20.3 Å². The second-order valence-corrected chi connectivity index (χ2v) is 3.63. The van der Waals surface area contributed by atoms with Crippen molar-refractivity contribution in [2.75, 3.05) is 14.2 Å². The summed E-state index contributed by atoms with van der Waals surface area (Å²) in [5.74, 6) is 1.02. The van der Waals surface area contributed by atoms with Gasteiger partial charge in [-0.1, -0.05) is 32.0 Å². The number of phenols is 1. The molecule has 0 saturated heterocycles. The summed E-state index contributed by atoms with van der Waals surface area (Å²) in [6.45, 7) is 4.29. The Morgan fingerprint density at radius 3 is 2.14 bits per heavy atom. The third-order valence-corrected chi connectivity index (χ3v) is 1.62. The third-order valence-electron chi connectivity index (χ3n) is 1.62. The molecule has 0 amide bonds. The Labute approximate surface area is 86.5 Å². The van der Waals surface area contributed by atoms with Gasteiger partial charge in [0.05, 0.1) is 0 Å². The number of rotatable bonds is 2. The van der Waals surface area contributed by atoms with Gasteiger partial charge in [0, 0.05) is 14.2 Å². The lowest BCUT2D eigenvalue weighted by atomic mass is 10.0. The average molecular weight is 196 g/mol. The van der Waals surface area contributed by atoms with E-state index >= 15 is 0 Å². The molecule has 0 bridgehead atoms. The number of aromatic hydroxyl groups is 1. The predicted molar refractivity (Wildman–Crippen MR) is 59.6 cm³/mol. The van der Waals surface area contributed by atoms with E-state index in [1.807, 2.05) is 18.2 Å². The average Bonchev–Trinajstić information content (AvgIpc) is 2.09. The number of hydrogen-bond acceptors (Lipinski definition) is 2. The fourth-order valence-electron chi connectivity index (χ4n) is 1.12. The molecule has 0 aliphatic carbocycles. The molecule has 0 unspecified atom stereocenters. The van der Waals surface area contributed by atoms with Crippen molar-refractivity contribution >= 4 is 0 Å². The van der Waals surface area contributed by atoms with Crippen molar-refractivity contribution in [3.63, 3.8) is 0 Å². The van der Waals surface area contributed by atoms with Crippen molar-refractivity contribution in [3.05, 3.63) is 29.8 Å². The Bertz CT molecular complexity index is 244. The van der Waals surface area contributed by atoms with Gasteiger partial charge in [0.25, 0.3) is 0 Å². The minimum Gasteiger partial charge on any atom is -0.508 e. The normalized spacial score (nSPS) is 9.50. The van der Waals surface area contributed by atoms with E-state index < -0.39 is 0 Å². The van der Waals surface area contributed by atoms with Gasteiger partial charge in [-0.2, -0.15) is 0 Å². The Morgan fingerprint density at radius 2 is 1.71 bits per heavy atom. The van der Waals surface area contributed by atoms with Crippen LogP contribution < -0.4 is 0 Å². The van der Waals surface area contributed by atoms with E-state index in [1.165, 1.54) is 0 Å². The SMILES string of the molecule is CC(C)Cc1ccccc1O.COC. The first-order valence-corrected chi connectivity index (χ1v) is 4.78. The molecule has 2 nitrogen and oxygen atoms in total. The second kappa shape index (κ2) is 7.39. The van der Waals surface area contributed by atoms with Crippen LogP contribution in [0.4, 0.5) is 0 Å². The molecule has 1 aromatic carbocycles. The predicted octanol–water partition coefficient (Wildman–Crippen LogP) is 2.85. The van der Waals surface area contributed by atoms with Crippen LogP contribution in [0.5, 0.6) is 5.75 Å². The summed E-state index contributed by atoms with van der Waals surface area (Å²) in [5, 5.41) is 9.36. The van der Waals surface area contributed by atoms with Gasteiger partial charge in [-0.15, -0.1) is 0 Å². The summed E-state index contributed by atoms with van der Waals surface area (Å²) in [6, 6.07) is 7.50. The lowest BCUT2D eigenvalue weighted by Crippen LogP contribution is -1.93. The number of hydrogen-bond donors (Lipinski definition) is 1. The van der Waals surface area contributed by atoms with E-state index in [9.17, 15) is 5.11 Å². The largest absolute Gasteiger partial charge is 0.508 e. The highest BCUT2D eigenvalue weighted by Crippen LogP contribution is 2.18. The molecule has 1 aromatic rings. The first kappa shape index (κ1) is 13.0. The summed E-state index contributed by atoms with van der Waals surface area (Å²) in [5.41, 5.74) is 1.04. The monoisotopic (exact) mass is 196 g/mol. The Balaban J connectivity index is 0.000000500. The maximum absolute atomic E-state index is 9.36. The van der Waals surface area contributed by atoms with Crippen molar-refractivity contribution in [1.82, 2.24) is 0 Å². The van der Waals surface area contributed by atoms with E-state index in [0.29, 0.717) is 11.7 Å². The molecule has 0 aliphatic heterocycles. The van der Waals surface area contributed by atoms with Crippen LogP contribution in [-0.4, -0.2) is 19.3 Å². The topological polar surface area (TPSA) is 29.5 Å². The number of ether oxygens (including phenoxy) is 1. The van der Waals surface area contributed by atoms with Crippen LogP contribution >= 0.6 is 0 Å². The standard InChI is InChI=1S/C10H14O.C2H6O/c1-8(2)7-9-5-3-4-6-10(9)11;1-3-2/h3-6,8,11H,7H2,1-2H3;1-2H3. The van der Waals surface area contributed by atoms with Gasteiger partial charge in [-0.25, -0.2) is 0 Å². The molecule has 0 aliphatic rings. The van der Waals surface area contributed by atoms with Crippen LogP contribution in [0, 0.1) is 5.92 Å². The van der Waals surface area contributed by atoms with Crippen molar-refractivity contribution < 1.29 is 9.84 Å². The maximum Gasteiger partial charge on any atom is 0.118 e. The molecule has 0 saturated carbocycles. The summed E-state index contributed by atoms with van der Waals surface area (Å²) in [4.78, 5) is 0. The zero-order chi connectivity index (χ0) is 11.0. The smallest absolute Gasteiger partial charge is 0.118 e. The first-order valence-electron chi connectivity index (χ1n) is 4.78. The van der Waals surface area contributed by atoms with E-state index in [2.05, 4.69) is 18.6 Å². The Kier molecular flexibility index (Phi) is 6.85. The molecule has 2 heteroatoms. The molecule has 0 atom stereocenters. The van der Waals surface area contributed by atoms with Gasteiger partial charge in [0.2, 0.25) is 0 Å². The molecule has 0 fully saturated rings. The van der Waals surface area contributed by atoms with Gasteiger partial charge in [0.1, 0.15) is 5.75 Å². The lowest BCUT2D eigenvalue weighted by molar-refractivity contribution is 0.277. The van der Waals surface area contributed by atoms with Gasteiger partial charge < -0.3 is 9.84 Å². The zero-order valence-corrected chi connectivity index (χ0v) is 9.45. The summed E-state index contributed by atoms with van der Waals surface area (Å²) >= 11 is 0. The Morgan fingerprint density at radius 1 is 1.21 bits per heavy atom. The van der Waals surface area contributed by atoms with E-state index in [4.69, 9.17) is 0 Å². The summed E-state index contributed by atoms with van der Waals surface area (Å²) in [7, 11) is 3.25. The molecule has 1 N–H and O–H groups in total. The molecule has 14 heavy (non-hydrogen) atoms. The summed E-state index contributed by atoms with van der Waals surface area (Å²) in [6.07, 6.45) is 0.951.